The fourth-order valence-corrected chi connectivity index (χ4v) is 2.93. The Hall–Kier alpha value is -1.15. The van der Waals surface area contributed by atoms with Crippen LogP contribution in [0.15, 0.2) is 28.7 Å². The summed E-state index contributed by atoms with van der Waals surface area (Å²) in [5, 5.41) is 6.19. The van der Waals surface area contributed by atoms with E-state index in [2.05, 4.69) is 26.6 Å². The third kappa shape index (κ3) is 7.32. The first kappa shape index (κ1) is 21.9. The van der Waals surface area contributed by atoms with Crippen LogP contribution in [0.1, 0.15) is 18.5 Å². The fraction of sp³-hybridized carbons (Fsp3) is 0.529. The molecular weight excluding hydrogens is 408 g/mol. The highest BCUT2D eigenvalue weighted by Gasteiger charge is 2.19. The van der Waals surface area contributed by atoms with Gasteiger partial charge in [0.25, 0.3) is 0 Å². The van der Waals surface area contributed by atoms with Crippen LogP contribution in [0.4, 0.5) is 0 Å². The van der Waals surface area contributed by atoms with Gasteiger partial charge in [0.2, 0.25) is 11.8 Å². The smallest absolute Gasteiger partial charge is 0.236 e. The van der Waals surface area contributed by atoms with E-state index in [0.29, 0.717) is 0 Å². The number of piperazine rings is 1. The molecule has 8 heteroatoms. The van der Waals surface area contributed by atoms with Crippen LogP contribution in [0.2, 0.25) is 0 Å². The van der Waals surface area contributed by atoms with E-state index in [9.17, 15) is 9.59 Å². The number of hydrogen-bond donors (Lipinski definition) is 2. The minimum absolute atomic E-state index is 0. The van der Waals surface area contributed by atoms with Gasteiger partial charge in [-0.15, -0.1) is 12.4 Å². The Balaban J connectivity index is 0.00000312. The van der Waals surface area contributed by atoms with Gasteiger partial charge in [0.15, 0.2) is 0 Å². The van der Waals surface area contributed by atoms with Gasteiger partial charge in [-0.3, -0.25) is 14.5 Å². The average Bonchev–Trinajstić information content (AvgIpc) is 2.55. The quantitative estimate of drug-likeness (QED) is 0.712. The van der Waals surface area contributed by atoms with Gasteiger partial charge < -0.3 is 15.5 Å². The number of benzene rings is 1. The van der Waals surface area contributed by atoms with Crippen LogP contribution >= 0.6 is 28.3 Å². The Bertz CT molecular complexity index is 564. The molecule has 140 valence electrons. The molecule has 0 spiro atoms. The molecule has 2 amide bonds. The second-order valence-electron chi connectivity index (χ2n) is 6.14. The predicted molar refractivity (Wildman–Crippen MR) is 105 cm³/mol. The van der Waals surface area contributed by atoms with Crippen molar-refractivity contribution in [2.75, 3.05) is 46.3 Å². The molecule has 1 fully saturated rings. The molecule has 1 atom stereocenters. The van der Waals surface area contributed by atoms with Gasteiger partial charge in [-0.05, 0) is 31.7 Å². The number of amides is 2. The first-order valence-electron chi connectivity index (χ1n) is 8.17. The lowest BCUT2D eigenvalue weighted by Crippen LogP contribution is -2.50. The molecule has 2 rings (SSSR count). The Morgan fingerprint density at radius 2 is 1.84 bits per heavy atom. The summed E-state index contributed by atoms with van der Waals surface area (Å²) in [4.78, 5) is 28.0. The van der Waals surface area contributed by atoms with Gasteiger partial charge in [0.05, 0.1) is 19.1 Å². The van der Waals surface area contributed by atoms with Crippen molar-refractivity contribution in [1.82, 2.24) is 20.4 Å². The molecule has 6 nitrogen and oxygen atoms in total. The minimum Gasteiger partial charge on any atom is -0.348 e. The highest BCUT2D eigenvalue weighted by molar-refractivity contribution is 9.10. The number of nitrogens with one attached hydrogen (secondary N) is 2. The van der Waals surface area contributed by atoms with E-state index in [-0.39, 0.29) is 43.4 Å². The van der Waals surface area contributed by atoms with Crippen LogP contribution in [0.25, 0.3) is 0 Å². The minimum atomic E-state index is -0.0824. The van der Waals surface area contributed by atoms with E-state index in [1.807, 2.05) is 36.1 Å². The molecule has 0 aliphatic carbocycles. The number of likely N-dealkylation sites (N-methyl/N-ethyl adjacent to an activating group) is 1. The van der Waals surface area contributed by atoms with E-state index in [1.165, 1.54) is 0 Å². The largest absolute Gasteiger partial charge is 0.348 e. The summed E-state index contributed by atoms with van der Waals surface area (Å²) in [6, 6.07) is 7.80. The van der Waals surface area contributed by atoms with Gasteiger partial charge in [-0.25, -0.2) is 0 Å². The molecule has 2 N–H and O–H groups in total. The Labute approximate surface area is 163 Å². The van der Waals surface area contributed by atoms with Crippen LogP contribution in [-0.2, 0) is 9.59 Å². The molecule has 1 aromatic rings. The van der Waals surface area contributed by atoms with E-state index in [1.54, 1.807) is 11.9 Å². The zero-order valence-electron chi connectivity index (χ0n) is 14.6. The highest BCUT2D eigenvalue weighted by Crippen LogP contribution is 2.16. The summed E-state index contributed by atoms with van der Waals surface area (Å²) >= 11 is 3.40. The molecule has 1 aromatic carbocycles. The Kier molecular flexibility index (Phi) is 9.42. The summed E-state index contributed by atoms with van der Waals surface area (Å²) in [7, 11) is 1.80. The third-order valence-corrected chi connectivity index (χ3v) is 4.56. The summed E-state index contributed by atoms with van der Waals surface area (Å²) < 4.78 is 1.01. The zero-order chi connectivity index (χ0) is 17.5. The van der Waals surface area contributed by atoms with Crippen molar-refractivity contribution in [1.29, 1.82) is 0 Å². The Morgan fingerprint density at radius 1 is 1.24 bits per heavy atom. The van der Waals surface area contributed by atoms with E-state index >= 15 is 0 Å². The maximum Gasteiger partial charge on any atom is 0.236 e. The summed E-state index contributed by atoms with van der Waals surface area (Å²) in [5.41, 5.74) is 1.05. The first-order chi connectivity index (χ1) is 11.5. The summed E-state index contributed by atoms with van der Waals surface area (Å²) in [6.45, 7) is 5.56. The molecule has 1 heterocycles. The molecule has 0 saturated carbocycles. The zero-order valence-corrected chi connectivity index (χ0v) is 17.0. The number of halogens is 2. The van der Waals surface area contributed by atoms with Crippen molar-refractivity contribution in [3.63, 3.8) is 0 Å². The fourth-order valence-electron chi connectivity index (χ4n) is 2.67. The number of carbonyl (C=O) groups is 2. The van der Waals surface area contributed by atoms with Crippen molar-refractivity contribution in [3.8, 4) is 0 Å². The molecule has 0 bridgehead atoms. The lowest BCUT2D eigenvalue weighted by atomic mass is 10.1. The molecule has 1 unspecified atom stereocenters. The lowest BCUT2D eigenvalue weighted by Gasteiger charge is -2.29. The number of rotatable bonds is 6. The predicted octanol–water partition coefficient (Wildman–Crippen LogP) is 1.41. The van der Waals surface area contributed by atoms with Gasteiger partial charge >= 0.3 is 0 Å². The van der Waals surface area contributed by atoms with E-state index in [0.717, 1.165) is 36.2 Å². The van der Waals surface area contributed by atoms with Crippen molar-refractivity contribution < 1.29 is 9.59 Å². The maximum absolute atomic E-state index is 12.2. The maximum atomic E-state index is 12.2. The summed E-state index contributed by atoms with van der Waals surface area (Å²) in [6.07, 6.45) is 0. The molecule has 0 aromatic heterocycles. The van der Waals surface area contributed by atoms with Crippen LogP contribution in [0, 0.1) is 0 Å². The molecule has 25 heavy (non-hydrogen) atoms. The highest BCUT2D eigenvalue weighted by atomic mass is 79.9. The van der Waals surface area contributed by atoms with Crippen molar-refractivity contribution in [2.45, 2.75) is 13.0 Å². The normalized spacial score (nSPS) is 15.4. The average molecular weight is 434 g/mol. The Morgan fingerprint density at radius 3 is 2.44 bits per heavy atom. The molecular formula is C17H26BrClN4O2. The summed E-state index contributed by atoms with van der Waals surface area (Å²) in [5.74, 6) is -0.00575. The van der Waals surface area contributed by atoms with Crippen LogP contribution in [0.3, 0.4) is 0 Å². The topological polar surface area (TPSA) is 64.7 Å². The van der Waals surface area contributed by atoms with E-state index in [4.69, 9.17) is 0 Å². The SMILES string of the molecule is CC(NC(=O)CN(C)CC(=O)N1CCNCC1)c1ccc(Br)cc1.Cl. The van der Waals surface area contributed by atoms with Crippen LogP contribution < -0.4 is 10.6 Å². The molecule has 1 aliphatic heterocycles. The molecule has 0 radical (unpaired) electrons. The van der Waals surface area contributed by atoms with Crippen LogP contribution in [0.5, 0.6) is 0 Å². The molecule has 1 aliphatic rings. The van der Waals surface area contributed by atoms with Gasteiger partial charge in [-0.1, -0.05) is 28.1 Å². The number of carbonyl (C=O) groups excluding carboxylic acids is 2. The van der Waals surface area contributed by atoms with Gasteiger partial charge in [0, 0.05) is 30.7 Å². The van der Waals surface area contributed by atoms with Crippen molar-refractivity contribution in [3.05, 3.63) is 34.3 Å². The number of hydrogen-bond acceptors (Lipinski definition) is 4. The first-order valence-corrected chi connectivity index (χ1v) is 8.97. The second-order valence-corrected chi connectivity index (χ2v) is 7.06. The standard InChI is InChI=1S/C17H25BrN4O2.ClH/c1-13(14-3-5-15(18)6-4-14)20-16(23)11-21(2)12-17(24)22-9-7-19-8-10-22;/h3-6,13,19H,7-12H2,1-2H3,(H,20,23);1H. The third-order valence-electron chi connectivity index (χ3n) is 4.04. The van der Waals surface area contributed by atoms with Crippen molar-refractivity contribution >= 4 is 40.2 Å². The monoisotopic (exact) mass is 432 g/mol. The second kappa shape index (κ2) is 10.8. The van der Waals surface area contributed by atoms with Crippen LogP contribution in [-0.4, -0.2) is 67.9 Å². The van der Waals surface area contributed by atoms with Crippen molar-refractivity contribution in [2.24, 2.45) is 0 Å². The molecule has 1 saturated heterocycles. The lowest BCUT2D eigenvalue weighted by molar-refractivity contribution is -0.133. The number of nitrogens with zero attached hydrogens (tertiary/aromatic N) is 2. The van der Waals surface area contributed by atoms with E-state index < -0.39 is 0 Å². The van der Waals surface area contributed by atoms with Gasteiger partial charge in [-0.2, -0.15) is 0 Å². The van der Waals surface area contributed by atoms with Gasteiger partial charge in [0.1, 0.15) is 0 Å².